The lowest BCUT2D eigenvalue weighted by atomic mass is 10.1. The first kappa shape index (κ1) is 28.6. The van der Waals surface area contributed by atoms with Crippen molar-refractivity contribution < 1.29 is 9.90 Å². The van der Waals surface area contributed by atoms with Crippen molar-refractivity contribution >= 4 is 5.97 Å². The van der Waals surface area contributed by atoms with E-state index in [1.54, 1.807) is 0 Å². The van der Waals surface area contributed by atoms with Gasteiger partial charge in [-0.2, -0.15) is 0 Å². The van der Waals surface area contributed by atoms with Gasteiger partial charge in [0.2, 0.25) is 0 Å². The minimum Gasteiger partial charge on any atom is -0.480 e. The van der Waals surface area contributed by atoms with Gasteiger partial charge in [-0.1, -0.05) is 84.5 Å². The molecular weight excluding hydrogens is 338 g/mol. The van der Waals surface area contributed by atoms with E-state index in [0.717, 1.165) is 12.8 Å². The molecule has 0 aliphatic heterocycles. The van der Waals surface area contributed by atoms with Crippen LogP contribution in [0.3, 0.4) is 0 Å². The zero-order valence-electron chi connectivity index (χ0n) is 18.3. The van der Waals surface area contributed by atoms with Gasteiger partial charge in [0.05, 0.1) is 0 Å². The fourth-order valence-electron chi connectivity index (χ4n) is 2.82. The normalized spacial score (nSPS) is 11.7. The van der Waals surface area contributed by atoms with Gasteiger partial charge in [0.15, 0.2) is 0 Å². The smallest absolute Gasteiger partial charge is 0.320 e. The van der Waals surface area contributed by atoms with Crippen molar-refractivity contribution in [1.29, 1.82) is 0 Å². The van der Waals surface area contributed by atoms with Crippen LogP contribution in [0.25, 0.3) is 0 Å². The van der Waals surface area contributed by atoms with Crippen LogP contribution in [0.4, 0.5) is 0 Å². The lowest BCUT2D eigenvalue weighted by molar-refractivity contribution is -0.138. The molecule has 6 N–H and O–H groups in total. The van der Waals surface area contributed by atoms with E-state index in [1.165, 1.54) is 90.1 Å². The van der Waals surface area contributed by atoms with Gasteiger partial charge in [-0.3, -0.25) is 4.79 Å². The standard InChI is InChI=1S/C16H35N.C6H14N2O2/c1-3-5-7-9-11-13-15-17-16-14-12-10-8-6-4-2;7-4-2-1-3-5(8)6(9)10/h17H,3-16H2,1-2H3;5H,1-4,7-8H2,(H,9,10)/t;5-/m.0/s1. The summed E-state index contributed by atoms with van der Waals surface area (Å²) in [5, 5.41) is 11.9. The lowest BCUT2D eigenvalue weighted by Gasteiger charge is -2.04. The molecule has 0 aliphatic rings. The van der Waals surface area contributed by atoms with Crippen LogP contribution in [0.2, 0.25) is 0 Å². The van der Waals surface area contributed by atoms with E-state index >= 15 is 0 Å². The van der Waals surface area contributed by atoms with Crippen LogP contribution in [0.15, 0.2) is 0 Å². The van der Waals surface area contributed by atoms with Crippen LogP contribution in [-0.4, -0.2) is 36.8 Å². The number of nitrogens with one attached hydrogen (secondary N) is 1. The quantitative estimate of drug-likeness (QED) is 0.238. The molecule has 5 nitrogen and oxygen atoms in total. The molecule has 0 rings (SSSR count). The first-order chi connectivity index (χ1) is 13.1. The number of aliphatic carboxylic acids is 1. The summed E-state index contributed by atoms with van der Waals surface area (Å²) in [4.78, 5) is 10.1. The molecule has 0 aliphatic carbocycles. The molecule has 0 fully saturated rings. The Kier molecular flexibility index (Phi) is 26.8. The summed E-state index contributed by atoms with van der Waals surface area (Å²) in [6.07, 6.45) is 19.1. The Morgan fingerprint density at radius 3 is 1.63 bits per heavy atom. The van der Waals surface area contributed by atoms with Crippen molar-refractivity contribution in [2.24, 2.45) is 11.5 Å². The summed E-state index contributed by atoms with van der Waals surface area (Å²) in [6.45, 7) is 7.64. The van der Waals surface area contributed by atoms with Gasteiger partial charge >= 0.3 is 5.97 Å². The van der Waals surface area contributed by atoms with E-state index in [2.05, 4.69) is 19.2 Å². The summed E-state index contributed by atoms with van der Waals surface area (Å²) in [7, 11) is 0. The Morgan fingerprint density at radius 2 is 1.22 bits per heavy atom. The molecule has 164 valence electrons. The zero-order chi connectivity index (χ0) is 20.6. The molecule has 0 bridgehead atoms. The Labute approximate surface area is 169 Å². The molecule has 0 heterocycles. The second-order valence-corrected chi connectivity index (χ2v) is 7.51. The van der Waals surface area contributed by atoms with Crippen molar-refractivity contribution in [3.8, 4) is 0 Å². The van der Waals surface area contributed by atoms with E-state index < -0.39 is 12.0 Å². The molecule has 0 aromatic carbocycles. The van der Waals surface area contributed by atoms with Crippen molar-refractivity contribution in [3.63, 3.8) is 0 Å². The predicted molar refractivity (Wildman–Crippen MR) is 118 cm³/mol. The van der Waals surface area contributed by atoms with E-state index in [-0.39, 0.29) is 0 Å². The van der Waals surface area contributed by atoms with Gasteiger partial charge in [0, 0.05) is 0 Å². The summed E-state index contributed by atoms with van der Waals surface area (Å²) >= 11 is 0. The SMILES string of the molecule is CCCCCCCCNCCCCCCCC.NCCCC[C@H](N)C(=O)O. The number of unbranched alkanes of at least 4 members (excludes halogenated alkanes) is 11. The van der Waals surface area contributed by atoms with E-state index in [0.29, 0.717) is 13.0 Å². The number of carboxylic acids is 1. The molecular formula is C22H49N3O2. The van der Waals surface area contributed by atoms with Crippen molar-refractivity contribution in [3.05, 3.63) is 0 Å². The minimum absolute atomic E-state index is 0.520. The van der Waals surface area contributed by atoms with Crippen LogP contribution in [0.1, 0.15) is 110 Å². The van der Waals surface area contributed by atoms with E-state index in [9.17, 15) is 4.79 Å². The van der Waals surface area contributed by atoms with Crippen LogP contribution >= 0.6 is 0 Å². The molecule has 0 aromatic heterocycles. The summed E-state index contributed by atoms with van der Waals surface area (Å²) in [5.74, 6) is -0.933. The average Bonchev–Trinajstić information content (AvgIpc) is 2.66. The number of hydrogen-bond donors (Lipinski definition) is 4. The highest BCUT2D eigenvalue weighted by molar-refractivity contribution is 5.72. The number of hydrogen-bond acceptors (Lipinski definition) is 4. The fraction of sp³-hybridized carbons (Fsp3) is 0.955. The highest BCUT2D eigenvalue weighted by atomic mass is 16.4. The second kappa shape index (κ2) is 25.4. The topological polar surface area (TPSA) is 101 Å². The summed E-state index contributed by atoms with van der Waals surface area (Å²) < 4.78 is 0. The fourth-order valence-corrected chi connectivity index (χ4v) is 2.82. The zero-order valence-corrected chi connectivity index (χ0v) is 18.3. The number of carboxylic acid groups (broad SMARTS) is 1. The van der Waals surface area contributed by atoms with Gasteiger partial charge in [-0.05, 0) is 45.3 Å². The molecule has 0 saturated carbocycles. The third kappa shape index (κ3) is 27.7. The minimum atomic E-state index is -0.933. The molecule has 1 atom stereocenters. The first-order valence-electron chi connectivity index (χ1n) is 11.5. The summed E-state index contributed by atoms with van der Waals surface area (Å²) in [5.41, 5.74) is 10.4. The Morgan fingerprint density at radius 1 is 0.778 bits per heavy atom. The first-order valence-corrected chi connectivity index (χ1v) is 11.5. The summed E-state index contributed by atoms with van der Waals surface area (Å²) in [6, 6.07) is -0.716. The van der Waals surface area contributed by atoms with Crippen molar-refractivity contribution in [2.75, 3.05) is 19.6 Å². The number of rotatable bonds is 19. The maximum Gasteiger partial charge on any atom is 0.320 e. The second-order valence-electron chi connectivity index (χ2n) is 7.51. The molecule has 0 amide bonds. The molecule has 0 spiro atoms. The molecule has 0 aromatic rings. The lowest BCUT2D eigenvalue weighted by Crippen LogP contribution is -2.29. The predicted octanol–water partition coefficient (Wildman–Crippen LogP) is 4.82. The Bertz CT molecular complexity index is 275. The van der Waals surface area contributed by atoms with Gasteiger partial charge in [-0.25, -0.2) is 0 Å². The van der Waals surface area contributed by atoms with Gasteiger partial charge < -0.3 is 21.9 Å². The highest BCUT2D eigenvalue weighted by Crippen LogP contribution is 2.05. The third-order valence-corrected chi connectivity index (χ3v) is 4.70. The van der Waals surface area contributed by atoms with Crippen LogP contribution < -0.4 is 16.8 Å². The molecule has 27 heavy (non-hydrogen) atoms. The van der Waals surface area contributed by atoms with Crippen molar-refractivity contribution in [1.82, 2.24) is 5.32 Å². The monoisotopic (exact) mass is 387 g/mol. The van der Waals surface area contributed by atoms with Gasteiger partial charge in [-0.15, -0.1) is 0 Å². The maximum absolute atomic E-state index is 10.1. The third-order valence-electron chi connectivity index (χ3n) is 4.70. The Balaban J connectivity index is 0. The van der Waals surface area contributed by atoms with Crippen LogP contribution in [0.5, 0.6) is 0 Å². The highest BCUT2D eigenvalue weighted by Gasteiger charge is 2.09. The number of nitrogens with two attached hydrogens (primary N) is 2. The van der Waals surface area contributed by atoms with Crippen LogP contribution in [-0.2, 0) is 4.79 Å². The van der Waals surface area contributed by atoms with Crippen LogP contribution in [0, 0.1) is 0 Å². The molecule has 5 heteroatoms. The van der Waals surface area contributed by atoms with Gasteiger partial charge in [0.1, 0.15) is 6.04 Å². The molecule has 0 radical (unpaired) electrons. The molecule has 0 saturated heterocycles. The molecule has 0 unspecified atom stereocenters. The van der Waals surface area contributed by atoms with Gasteiger partial charge in [0.25, 0.3) is 0 Å². The number of carbonyl (C=O) groups is 1. The van der Waals surface area contributed by atoms with E-state index in [1.807, 2.05) is 0 Å². The largest absolute Gasteiger partial charge is 0.480 e. The van der Waals surface area contributed by atoms with Crippen molar-refractivity contribution in [2.45, 2.75) is 116 Å². The Hall–Kier alpha value is -0.650. The maximum atomic E-state index is 10.1. The average molecular weight is 388 g/mol. The van der Waals surface area contributed by atoms with E-state index in [4.69, 9.17) is 16.6 Å².